The summed E-state index contributed by atoms with van der Waals surface area (Å²) in [5, 5.41) is 16.0. The highest BCUT2D eigenvalue weighted by Gasteiger charge is 2.13. The molecule has 0 saturated heterocycles. The van der Waals surface area contributed by atoms with Gasteiger partial charge in [0.25, 0.3) is 11.6 Å². The number of hydrogen-bond donors (Lipinski definition) is 2. The molecule has 0 heterocycles. The van der Waals surface area contributed by atoms with Crippen LogP contribution in [0.1, 0.15) is 49.9 Å². The highest BCUT2D eigenvalue weighted by atomic mass is 16.6. The number of nitrogens with one attached hydrogen (secondary N) is 2. The Balaban J connectivity index is 2.42. The number of benzene rings is 1. The largest absolute Gasteiger partial charge is 0.352 e. The molecule has 0 bridgehead atoms. The zero-order valence-electron chi connectivity index (χ0n) is 13.5. The zero-order chi connectivity index (χ0) is 17.2. The summed E-state index contributed by atoms with van der Waals surface area (Å²) in [6.07, 6.45) is 4.21. The summed E-state index contributed by atoms with van der Waals surface area (Å²) in [5.41, 5.74) is -0.00496. The van der Waals surface area contributed by atoms with Gasteiger partial charge in [0.1, 0.15) is 0 Å². The van der Waals surface area contributed by atoms with E-state index in [1.807, 2.05) is 6.92 Å². The molecule has 1 unspecified atom stereocenters. The van der Waals surface area contributed by atoms with E-state index in [-0.39, 0.29) is 29.7 Å². The van der Waals surface area contributed by atoms with Gasteiger partial charge in [-0.2, -0.15) is 0 Å². The van der Waals surface area contributed by atoms with E-state index in [0.717, 1.165) is 25.7 Å². The Kier molecular flexibility index (Phi) is 7.73. The van der Waals surface area contributed by atoms with Gasteiger partial charge < -0.3 is 10.6 Å². The zero-order valence-corrected chi connectivity index (χ0v) is 13.5. The van der Waals surface area contributed by atoms with Gasteiger partial charge in [0.2, 0.25) is 5.91 Å². The predicted octanol–water partition coefficient (Wildman–Crippen LogP) is 2.41. The van der Waals surface area contributed by atoms with Gasteiger partial charge in [0.05, 0.1) is 11.5 Å². The maximum atomic E-state index is 11.9. The third-order valence-corrected chi connectivity index (χ3v) is 3.38. The summed E-state index contributed by atoms with van der Waals surface area (Å²) < 4.78 is 0. The minimum atomic E-state index is -0.568. The monoisotopic (exact) mass is 321 g/mol. The molecule has 1 rings (SSSR count). The maximum Gasteiger partial charge on any atom is 0.270 e. The number of unbranched alkanes of at least 4 members (excludes halogenated alkanes) is 2. The SMILES string of the molecule is CCCCCC(C)NC(=O)CNC(=O)c1cccc([N+](=O)[O-])c1. The number of nitro benzene ring substituents is 1. The van der Waals surface area contributed by atoms with Crippen molar-refractivity contribution in [1.82, 2.24) is 10.6 Å². The lowest BCUT2D eigenvalue weighted by molar-refractivity contribution is -0.384. The summed E-state index contributed by atoms with van der Waals surface area (Å²) in [6, 6.07) is 5.45. The second-order valence-corrected chi connectivity index (χ2v) is 5.45. The van der Waals surface area contributed by atoms with Crippen LogP contribution in [0.2, 0.25) is 0 Å². The Labute approximate surface area is 135 Å². The number of amides is 2. The Hall–Kier alpha value is -2.44. The third kappa shape index (κ3) is 6.90. The number of non-ortho nitro benzene ring substituents is 1. The van der Waals surface area contributed by atoms with E-state index in [1.54, 1.807) is 0 Å². The Bertz CT molecular complexity index is 560. The summed E-state index contributed by atoms with van der Waals surface area (Å²) >= 11 is 0. The van der Waals surface area contributed by atoms with Gasteiger partial charge in [-0.25, -0.2) is 0 Å². The summed E-state index contributed by atoms with van der Waals surface area (Å²) in [5.74, 6) is -0.782. The second kappa shape index (κ2) is 9.55. The normalized spacial score (nSPS) is 11.6. The number of rotatable bonds is 9. The van der Waals surface area contributed by atoms with Crippen LogP contribution in [-0.4, -0.2) is 29.3 Å². The molecule has 1 aromatic rings. The van der Waals surface area contributed by atoms with E-state index in [9.17, 15) is 19.7 Å². The van der Waals surface area contributed by atoms with Crippen molar-refractivity contribution >= 4 is 17.5 Å². The fourth-order valence-corrected chi connectivity index (χ4v) is 2.12. The molecular weight excluding hydrogens is 298 g/mol. The lowest BCUT2D eigenvalue weighted by Gasteiger charge is -2.14. The lowest BCUT2D eigenvalue weighted by atomic mass is 10.1. The molecule has 7 nitrogen and oxygen atoms in total. The highest BCUT2D eigenvalue weighted by Crippen LogP contribution is 2.12. The van der Waals surface area contributed by atoms with Gasteiger partial charge in [-0.3, -0.25) is 19.7 Å². The smallest absolute Gasteiger partial charge is 0.270 e. The van der Waals surface area contributed by atoms with E-state index in [2.05, 4.69) is 17.6 Å². The van der Waals surface area contributed by atoms with Crippen LogP contribution in [0.3, 0.4) is 0 Å². The van der Waals surface area contributed by atoms with Crippen molar-refractivity contribution in [2.24, 2.45) is 0 Å². The molecule has 0 saturated carbocycles. The topological polar surface area (TPSA) is 101 Å². The van der Waals surface area contributed by atoms with Gasteiger partial charge in [-0.15, -0.1) is 0 Å². The van der Waals surface area contributed by atoms with Gasteiger partial charge in [0.15, 0.2) is 0 Å². The van der Waals surface area contributed by atoms with Crippen molar-refractivity contribution in [1.29, 1.82) is 0 Å². The van der Waals surface area contributed by atoms with Gasteiger partial charge in [-0.1, -0.05) is 32.3 Å². The molecule has 2 N–H and O–H groups in total. The van der Waals surface area contributed by atoms with Crippen LogP contribution in [0.15, 0.2) is 24.3 Å². The summed E-state index contributed by atoms with van der Waals surface area (Å²) in [4.78, 5) is 33.8. The van der Waals surface area contributed by atoms with Gasteiger partial charge >= 0.3 is 0 Å². The Morgan fingerprint density at radius 2 is 2.04 bits per heavy atom. The Morgan fingerprint density at radius 3 is 2.70 bits per heavy atom. The summed E-state index contributed by atoms with van der Waals surface area (Å²) in [7, 11) is 0. The highest BCUT2D eigenvalue weighted by molar-refractivity contribution is 5.96. The number of nitro groups is 1. The van der Waals surface area contributed by atoms with E-state index in [0.29, 0.717) is 0 Å². The maximum absolute atomic E-state index is 11.9. The molecule has 0 aliphatic rings. The molecule has 0 radical (unpaired) electrons. The number of hydrogen-bond acceptors (Lipinski definition) is 4. The van der Waals surface area contributed by atoms with Crippen molar-refractivity contribution in [2.75, 3.05) is 6.54 Å². The standard InChI is InChI=1S/C16H23N3O4/c1-3-4-5-7-12(2)18-15(20)11-17-16(21)13-8-6-9-14(10-13)19(22)23/h6,8-10,12H,3-5,7,11H2,1-2H3,(H,17,21)(H,18,20). The van der Waals surface area contributed by atoms with E-state index in [4.69, 9.17) is 0 Å². The fraction of sp³-hybridized carbons (Fsp3) is 0.500. The van der Waals surface area contributed by atoms with Crippen LogP contribution < -0.4 is 10.6 Å². The molecule has 126 valence electrons. The van der Waals surface area contributed by atoms with Crippen molar-refractivity contribution < 1.29 is 14.5 Å². The van der Waals surface area contributed by atoms with Crippen molar-refractivity contribution in [3.05, 3.63) is 39.9 Å². The van der Waals surface area contributed by atoms with Gasteiger partial charge in [0, 0.05) is 23.7 Å². The molecule has 0 spiro atoms. The van der Waals surface area contributed by atoms with Crippen LogP contribution in [0.5, 0.6) is 0 Å². The average molecular weight is 321 g/mol. The number of nitrogens with zero attached hydrogens (tertiary/aromatic N) is 1. The first-order chi connectivity index (χ1) is 10.9. The fourth-order valence-electron chi connectivity index (χ4n) is 2.12. The minimum absolute atomic E-state index is 0.0590. The quantitative estimate of drug-likeness (QED) is 0.414. The molecule has 0 aromatic heterocycles. The van der Waals surface area contributed by atoms with Crippen molar-refractivity contribution in [3.8, 4) is 0 Å². The molecule has 23 heavy (non-hydrogen) atoms. The van der Waals surface area contributed by atoms with Crippen LogP contribution in [0, 0.1) is 10.1 Å². The van der Waals surface area contributed by atoms with Crippen LogP contribution in [-0.2, 0) is 4.79 Å². The van der Waals surface area contributed by atoms with Crippen molar-refractivity contribution in [2.45, 2.75) is 45.6 Å². The minimum Gasteiger partial charge on any atom is -0.352 e. The van der Waals surface area contributed by atoms with Crippen LogP contribution >= 0.6 is 0 Å². The predicted molar refractivity (Wildman–Crippen MR) is 87.2 cm³/mol. The van der Waals surface area contributed by atoms with Gasteiger partial charge in [-0.05, 0) is 19.4 Å². The number of carbonyl (C=O) groups is 2. The molecule has 0 aliphatic carbocycles. The van der Waals surface area contributed by atoms with E-state index in [1.165, 1.54) is 24.3 Å². The first-order valence-corrected chi connectivity index (χ1v) is 7.76. The molecule has 0 aliphatic heterocycles. The molecular formula is C16H23N3O4. The van der Waals surface area contributed by atoms with Crippen LogP contribution in [0.4, 0.5) is 5.69 Å². The lowest BCUT2D eigenvalue weighted by Crippen LogP contribution is -2.40. The first kappa shape index (κ1) is 18.6. The molecule has 1 aromatic carbocycles. The summed E-state index contributed by atoms with van der Waals surface area (Å²) in [6.45, 7) is 3.89. The first-order valence-electron chi connectivity index (χ1n) is 7.76. The molecule has 0 fully saturated rings. The Morgan fingerprint density at radius 1 is 1.30 bits per heavy atom. The van der Waals surface area contributed by atoms with E-state index < -0.39 is 10.8 Å². The molecule has 7 heteroatoms. The third-order valence-electron chi connectivity index (χ3n) is 3.38. The average Bonchev–Trinajstić information content (AvgIpc) is 2.53. The molecule has 1 atom stereocenters. The van der Waals surface area contributed by atoms with E-state index >= 15 is 0 Å². The second-order valence-electron chi connectivity index (χ2n) is 5.45. The number of carbonyl (C=O) groups excluding carboxylic acids is 2. The molecule has 2 amide bonds. The van der Waals surface area contributed by atoms with Crippen LogP contribution in [0.25, 0.3) is 0 Å². The van der Waals surface area contributed by atoms with Crippen molar-refractivity contribution in [3.63, 3.8) is 0 Å².